The monoisotopic (exact) mass is 360 g/mol. The smallest absolute Gasteiger partial charge is 0.271 e. The summed E-state index contributed by atoms with van der Waals surface area (Å²) in [4.78, 5) is 9.61. The van der Waals surface area contributed by atoms with Crippen LogP contribution in [0.5, 0.6) is 5.75 Å². The van der Waals surface area contributed by atoms with Gasteiger partial charge in [0.2, 0.25) is 0 Å². The molecule has 0 bridgehead atoms. The van der Waals surface area contributed by atoms with E-state index in [9.17, 15) is 22.9 Å². The molecule has 0 atom stereocenters. The van der Waals surface area contributed by atoms with Crippen LogP contribution in [0.2, 0.25) is 5.02 Å². The fraction of sp³-hybridized carbons (Fsp3) is 0.0769. The first-order valence-electron chi connectivity index (χ1n) is 6.05. The average molecular weight is 361 g/mol. The van der Waals surface area contributed by atoms with Crippen molar-refractivity contribution in [2.75, 3.05) is 11.8 Å². The summed E-state index contributed by atoms with van der Waals surface area (Å²) < 4.78 is 45.1. The third-order valence-corrected chi connectivity index (χ3v) is 4.54. The zero-order valence-corrected chi connectivity index (χ0v) is 13.2. The summed E-state index contributed by atoms with van der Waals surface area (Å²) in [6, 6.07) is 6.23. The predicted molar refractivity (Wildman–Crippen MR) is 81.9 cm³/mol. The Labute approximate surface area is 135 Å². The van der Waals surface area contributed by atoms with Crippen molar-refractivity contribution in [3.05, 3.63) is 57.4 Å². The van der Waals surface area contributed by atoms with Gasteiger partial charge in [0.05, 0.1) is 22.7 Å². The van der Waals surface area contributed by atoms with Crippen molar-refractivity contribution in [2.45, 2.75) is 4.90 Å². The fourth-order valence-electron chi connectivity index (χ4n) is 1.77. The second-order valence-electron chi connectivity index (χ2n) is 4.32. The lowest BCUT2D eigenvalue weighted by molar-refractivity contribution is -0.384. The highest BCUT2D eigenvalue weighted by atomic mass is 35.5. The molecule has 0 heterocycles. The Morgan fingerprint density at radius 1 is 1.26 bits per heavy atom. The van der Waals surface area contributed by atoms with E-state index in [2.05, 4.69) is 4.72 Å². The Kier molecular flexibility index (Phi) is 4.71. The minimum atomic E-state index is -4.27. The van der Waals surface area contributed by atoms with Gasteiger partial charge in [-0.15, -0.1) is 0 Å². The van der Waals surface area contributed by atoms with E-state index in [1.54, 1.807) is 0 Å². The number of halogens is 2. The van der Waals surface area contributed by atoms with Gasteiger partial charge in [0.1, 0.15) is 16.5 Å². The van der Waals surface area contributed by atoms with E-state index in [1.165, 1.54) is 13.2 Å². The molecular formula is C13H10ClFN2O5S. The van der Waals surface area contributed by atoms with Gasteiger partial charge in [-0.3, -0.25) is 14.8 Å². The van der Waals surface area contributed by atoms with Crippen molar-refractivity contribution in [3.63, 3.8) is 0 Å². The second kappa shape index (κ2) is 6.39. The summed E-state index contributed by atoms with van der Waals surface area (Å²) in [5.41, 5.74) is -0.550. The summed E-state index contributed by atoms with van der Waals surface area (Å²) in [5.74, 6) is -0.864. The summed E-state index contributed by atoms with van der Waals surface area (Å²) in [6.45, 7) is 0. The lowest BCUT2D eigenvalue weighted by atomic mass is 10.3. The number of nitro benzene ring substituents is 1. The summed E-state index contributed by atoms with van der Waals surface area (Å²) in [7, 11) is -3.04. The Balaban J connectivity index is 2.49. The summed E-state index contributed by atoms with van der Waals surface area (Å²) >= 11 is 5.84. The molecule has 122 valence electrons. The van der Waals surface area contributed by atoms with Crippen molar-refractivity contribution >= 4 is 33.0 Å². The molecule has 0 aromatic heterocycles. The molecule has 0 saturated carbocycles. The lowest BCUT2D eigenvalue weighted by Crippen LogP contribution is -2.15. The van der Waals surface area contributed by atoms with Crippen LogP contribution in [-0.4, -0.2) is 20.5 Å². The average Bonchev–Trinajstić information content (AvgIpc) is 2.49. The number of non-ortho nitro benzene ring substituents is 1. The predicted octanol–water partition coefficient (Wildman–Crippen LogP) is 3.20. The molecule has 23 heavy (non-hydrogen) atoms. The number of hydrogen-bond donors (Lipinski definition) is 1. The maximum atomic E-state index is 13.3. The first-order valence-corrected chi connectivity index (χ1v) is 7.91. The third-order valence-electron chi connectivity index (χ3n) is 2.82. The molecule has 0 amide bonds. The van der Waals surface area contributed by atoms with E-state index in [0.29, 0.717) is 0 Å². The first-order chi connectivity index (χ1) is 10.7. The van der Waals surface area contributed by atoms with Crippen LogP contribution in [-0.2, 0) is 10.0 Å². The normalized spacial score (nSPS) is 11.1. The van der Waals surface area contributed by atoms with Crippen molar-refractivity contribution in [2.24, 2.45) is 0 Å². The van der Waals surface area contributed by atoms with Gasteiger partial charge in [-0.05, 0) is 24.3 Å². The van der Waals surface area contributed by atoms with E-state index in [4.69, 9.17) is 16.3 Å². The minimum absolute atomic E-state index is 0.0467. The summed E-state index contributed by atoms with van der Waals surface area (Å²) in [5, 5.41) is 10.7. The molecular weight excluding hydrogens is 351 g/mol. The maximum Gasteiger partial charge on any atom is 0.271 e. The number of nitrogens with one attached hydrogen (secondary N) is 1. The highest BCUT2D eigenvalue weighted by Crippen LogP contribution is 2.31. The van der Waals surface area contributed by atoms with Crippen LogP contribution >= 0.6 is 11.6 Å². The molecule has 0 radical (unpaired) electrons. The standard InChI is InChI=1S/C13H10ClFN2O5S/c1-22-12-5-2-8(15)6-13(12)23(20,21)16-11-7-9(17(18)19)3-4-10(11)14/h2-7,16H,1H3. The first kappa shape index (κ1) is 17.0. The molecule has 0 fully saturated rings. The van der Waals surface area contributed by atoms with Crippen LogP contribution in [0.25, 0.3) is 0 Å². The van der Waals surface area contributed by atoms with Gasteiger partial charge in [-0.2, -0.15) is 0 Å². The zero-order valence-electron chi connectivity index (χ0n) is 11.6. The summed E-state index contributed by atoms with van der Waals surface area (Å²) in [6.07, 6.45) is 0. The number of rotatable bonds is 5. The Hall–Kier alpha value is -2.39. The van der Waals surface area contributed by atoms with Gasteiger partial charge in [0.25, 0.3) is 15.7 Å². The SMILES string of the molecule is COc1ccc(F)cc1S(=O)(=O)Nc1cc([N+](=O)[O-])ccc1Cl. The molecule has 0 spiro atoms. The highest BCUT2D eigenvalue weighted by molar-refractivity contribution is 7.92. The molecule has 0 saturated heterocycles. The van der Waals surface area contributed by atoms with Crippen LogP contribution in [0.3, 0.4) is 0 Å². The highest BCUT2D eigenvalue weighted by Gasteiger charge is 2.22. The van der Waals surface area contributed by atoms with Crippen LogP contribution in [0, 0.1) is 15.9 Å². The van der Waals surface area contributed by atoms with E-state index in [-0.39, 0.29) is 22.1 Å². The molecule has 0 aliphatic heterocycles. The van der Waals surface area contributed by atoms with Gasteiger partial charge in [0.15, 0.2) is 0 Å². The molecule has 2 aromatic rings. The van der Waals surface area contributed by atoms with Gasteiger partial charge >= 0.3 is 0 Å². The van der Waals surface area contributed by atoms with Gasteiger partial charge in [-0.25, -0.2) is 12.8 Å². The van der Waals surface area contributed by atoms with Crippen LogP contribution in [0.4, 0.5) is 15.8 Å². The number of anilines is 1. The molecule has 1 N–H and O–H groups in total. The molecule has 0 unspecified atom stereocenters. The number of benzene rings is 2. The number of methoxy groups -OCH3 is 1. The maximum absolute atomic E-state index is 13.3. The minimum Gasteiger partial charge on any atom is -0.495 e. The molecule has 7 nitrogen and oxygen atoms in total. The van der Waals surface area contributed by atoms with Crippen molar-refractivity contribution < 1.29 is 22.5 Å². The Bertz CT molecular complexity index is 873. The number of sulfonamides is 1. The van der Waals surface area contributed by atoms with Crippen molar-refractivity contribution in [3.8, 4) is 5.75 Å². The lowest BCUT2D eigenvalue weighted by Gasteiger charge is -2.12. The van der Waals surface area contributed by atoms with E-state index in [0.717, 1.165) is 30.3 Å². The third kappa shape index (κ3) is 3.69. The van der Waals surface area contributed by atoms with Gasteiger partial charge in [-0.1, -0.05) is 11.6 Å². The number of nitro groups is 1. The van der Waals surface area contributed by atoms with E-state index in [1.807, 2.05) is 0 Å². The number of ether oxygens (including phenoxy) is 1. The quantitative estimate of drug-likeness (QED) is 0.652. The van der Waals surface area contributed by atoms with Crippen LogP contribution < -0.4 is 9.46 Å². The van der Waals surface area contributed by atoms with Crippen LogP contribution in [0.1, 0.15) is 0 Å². The second-order valence-corrected chi connectivity index (χ2v) is 6.38. The topological polar surface area (TPSA) is 98.5 Å². The number of hydrogen-bond acceptors (Lipinski definition) is 5. The molecule has 0 aliphatic carbocycles. The van der Waals surface area contributed by atoms with E-state index < -0.39 is 25.7 Å². The van der Waals surface area contributed by atoms with Gasteiger partial charge < -0.3 is 4.74 Å². The van der Waals surface area contributed by atoms with Gasteiger partial charge in [0, 0.05) is 12.1 Å². The molecule has 10 heteroatoms. The molecule has 2 aromatic carbocycles. The van der Waals surface area contributed by atoms with Crippen molar-refractivity contribution in [1.29, 1.82) is 0 Å². The molecule has 0 aliphatic rings. The number of nitrogens with zero attached hydrogens (tertiary/aromatic N) is 1. The fourth-order valence-corrected chi connectivity index (χ4v) is 3.24. The Morgan fingerprint density at radius 2 is 1.96 bits per heavy atom. The molecule has 2 rings (SSSR count). The Morgan fingerprint density at radius 3 is 2.57 bits per heavy atom. The van der Waals surface area contributed by atoms with E-state index >= 15 is 0 Å². The zero-order chi connectivity index (χ0) is 17.2. The van der Waals surface area contributed by atoms with Crippen LogP contribution in [0.15, 0.2) is 41.3 Å². The van der Waals surface area contributed by atoms with Crippen molar-refractivity contribution in [1.82, 2.24) is 0 Å². The largest absolute Gasteiger partial charge is 0.495 e.